The summed E-state index contributed by atoms with van der Waals surface area (Å²) in [5.41, 5.74) is 2.58. The Morgan fingerprint density at radius 2 is 2.00 bits per heavy atom. The minimum atomic E-state index is -0.621. The van der Waals surface area contributed by atoms with Crippen molar-refractivity contribution in [3.8, 4) is 0 Å². The summed E-state index contributed by atoms with van der Waals surface area (Å²) in [6.07, 6.45) is 0. The zero-order chi connectivity index (χ0) is 12.9. The summed E-state index contributed by atoms with van der Waals surface area (Å²) >= 11 is 3.37. The largest absolute Gasteiger partial charge is 0.376 e. The molecule has 1 amide bonds. The van der Waals surface area contributed by atoms with E-state index in [2.05, 4.69) is 21.4 Å². The van der Waals surface area contributed by atoms with Crippen LogP contribution in [-0.4, -0.2) is 12.5 Å². The molecule has 1 rings (SSSR count). The van der Waals surface area contributed by atoms with Crippen LogP contribution in [0.3, 0.4) is 0 Å². The lowest BCUT2D eigenvalue weighted by Gasteiger charge is -2.21. The van der Waals surface area contributed by atoms with Gasteiger partial charge in [-0.15, -0.1) is 0 Å². The Labute approximate surface area is 110 Å². The summed E-state index contributed by atoms with van der Waals surface area (Å²) in [5, 5.41) is 0. The van der Waals surface area contributed by atoms with Crippen molar-refractivity contribution < 1.29 is 9.53 Å². The van der Waals surface area contributed by atoms with Gasteiger partial charge in [0.1, 0.15) is 0 Å². The number of hydrogen-bond donors (Lipinski definition) is 2. The Morgan fingerprint density at radius 1 is 1.41 bits per heavy atom. The highest BCUT2D eigenvalue weighted by Gasteiger charge is 2.27. The van der Waals surface area contributed by atoms with Crippen LogP contribution >= 0.6 is 15.9 Å². The molecular weight excluding hydrogens is 284 g/mol. The summed E-state index contributed by atoms with van der Waals surface area (Å²) in [5.74, 6) is 4.87. The van der Waals surface area contributed by atoms with E-state index in [1.54, 1.807) is 13.8 Å². The average molecular weight is 301 g/mol. The molecule has 3 N–H and O–H groups in total. The maximum absolute atomic E-state index is 11.4. The van der Waals surface area contributed by atoms with Gasteiger partial charge in [-0.1, -0.05) is 28.1 Å². The van der Waals surface area contributed by atoms with Gasteiger partial charge >= 0.3 is 0 Å². The number of hydrazine groups is 1. The second-order valence-corrected chi connectivity index (χ2v) is 5.39. The Balaban J connectivity index is 2.42. The van der Waals surface area contributed by atoms with Gasteiger partial charge in [0.05, 0.1) is 18.6 Å². The number of halogens is 1. The highest BCUT2D eigenvalue weighted by molar-refractivity contribution is 9.10. The van der Waals surface area contributed by atoms with E-state index in [0.29, 0.717) is 13.2 Å². The molecule has 0 saturated heterocycles. The first-order valence-corrected chi connectivity index (χ1v) is 6.08. The minimum Gasteiger partial charge on any atom is -0.376 e. The minimum absolute atomic E-state index is 0.228. The van der Waals surface area contributed by atoms with Crippen LogP contribution in [0.25, 0.3) is 0 Å². The van der Waals surface area contributed by atoms with Gasteiger partial charge in [-0.2, -0.15) is 0 Å². The maximum atomic E-state index is 11.4. The molecule has 0 spiro atoms. The van der Waals surface area contributed by atoms with Crippen molar-refractivity contribution in [3.63, 3.8) is 0 Å². The zero-order valence-electron chi connectivity index (χ0n) is 10.00. The molecule has 0 radical (unpaired) electrons. The molecule has 0 aliphatic rings. The van der Waals surface area contributed by atoms with E-state index < -0.39 is 5.41 Å². The van der Waals surface area contributed by atoms with Crippen molar-refractivity contribution in [3.05, 3.63) is 34.3 Å². The number of rotatable bonds is 5. The first-order chi connectivity index (χ1) is 7.95. The van der Waals surface area contributed by atoms with Crippen LogP contribution < -0.4 is 11.3 Å². The molecule has 1 aromatic rings. The molecule has 0 heterocycles. The molecule has 0 aromatic heterocycles. The molecule has 94 valence electrons. The Kier molecular flexibility index (Phi) is 5.11. The number of carbonyl (C=O) groups is 1. The van der Waals surface area contributed by atoms with Crippen molar-refractivity contribution in [1.82, 2.24) is 5.43 Å². The van der Waals surface area contributed by atoms with Crippen molar-refractivity contribution >= 4 is 21.8 Å². The molecule has 0 atom stereocenters. The number of amides is 1. The topological polar surface area (TPSA) is 64.3 Å². The monoisotopic (exact) mass is 300 g/mol. The highest BCUT2D eigenvalue weighted by atomic mass is 79.9. The maximum Gasteiger partial charge on any atom is 0.241 e. The van der Waals surface area contributed by atoms with Gasteiger partial charge in [0.2, 0.25) is 5.91 Å². The van der Waals surface area contributed by atoms with Crippen LogP contribution in [0.1, 0.15) is 19.4 Å². The van der Waals surface area contributed by atoms with Crippen LogP contribution in [-0.2, 0) is 16.1 Å². The summed E-state index contributed by atoms with van der Waals surface area (Å²) in [6, 6.07) is 7.85. The van der Waals surface area contributed by atoms with Crippen LogP contribution in [0.5, 0.6) is 0 Å². The average Bonchev–Trinajstić information content (AvgIpc) is 2.30. The predicted molar refractivity (Wildman–Crippen MR) is 69.9 cm³/mol. The van der Waals surface area contributed by atoms with Gasteiger partial charge in [0.25, 0.3) is 0 Å². The number of nitrogens with one attached hydrogen (secondary N) is 1. The van der Waals surface area contributed by atoms with Gasteiger partial charge in [0, 0.05) is 4.47 Å². The van der Waals surface area contributed by atoms with Gasteiger partial charge in [-0.05, 0) is 31.5 Å². The fourth-order valence-electron chi connectivity index (χ4n) is 1.27. The molecule has 0 fully saturated rings. The predicted octanol–water partition coefficient (Wildman–Crippen LogP) is 1.98. The van der Waals surface area contributed by atoms with Gasteiger partial charge < -0.3 is 4.74 Å². The van der Waals surface area contributed by atoms with E-state index in [0.717, 1.165) is 10.0 Å². The van der Waals surface area contributed by atoms with Crippen molar-refractivity contribution in [2.45, 2.75) is 20.5 Å². The summed E-state index contributed by atoms with van der Waals surface area (Å²) < 4.78 is 6.55. The molecular formula is C12H17BrN2O2. The quantitative estimate of drug-likeness (QED) is 0.496. The number of carbonyl (C=O) groups excluding carboxylic acids is 1. The Hall–Kier alpha value is -0.910. The standard InChI is InChI=1S/C12H17BrN2O2/c1-12(2,11(16)15-14)8-17-7-9-3-5-10(13)6-4-9/h3-6H,7-8,14H2,1-2H3,(H,15,16). The molecule has 1 aromatic carbocycles. The lowest BCUT2D eigenvalue weighted by atomic mass is 9.94. The normalized spacial score (nSPS) is 11.3. The van der Waals surface area contributed by atoms with Crippen LogP contribution in [0.4, 0.5) is 0 Å². The fraction of sp³-hybridized carbons (Fsp3) is 0.417. The first-order valence-electron chi connectivity index (χ1n) is 5.29. The van der Waals surface area contributed by atoms with E-state index >= 15 is 0 Å². The van der Waals surface area contributed by atoms with Gasteiger partial charge in [-0.25, -0.2) is 5.84 Å². The van der Waals surface area contributed by atoms with Gasteiger partial charge in [-0.3, -0.25) is 10.2 Å². The summed E-state index contributed by atoms with van der Waals surface area (Å²) in [4.78, 5) is 11.4. The zero-order valence-corrected chi connectivity index (χ0v) is 11.6. The van der Waals surface area contributed by atoms with Crippen LogP contribution in [0.2, 0.25) is 0 Å². The molecule has 4 nitrogen and oxygen atoms in total. The van der Waals surface area contributed by atoms with Gasteiger partial charge in [0.15, 0.2) is 0 Å². The SMILES string of the molecule is CC(C)(COCc1ccc(Br)cc1)C(=O)NN. The Morgan fingerprint density at radius 3 is 2.53 bits per heavy atom. The van der Waals surface area contributed by atoms with Crippen LogP contribution in [0.15, 0.2) is 28.7 Å². The van der Waals surface area contributed by atoms with E-state index in [1.807, 2.05) is 24.3 Å². The van der Waals surface area contributed by atoms with Crippen molar-refractivity contribution in [1.29, 1.82) is 0 Å². The lowest BCUT2D eigenvalue weighted by molar-refractivity contribution is -0.132. The first kappa shape index (κ1) is 14.2. The third kappa shape index (κ3) is 4.46. The van der Waals surface area contributed by atoms with E-state index in [9.17, 15) is 4.79 Å². The molecule has 0 bridgehead atoms. The van der Waals surface area contributed by atoms with Crippen LogP contribution in [0, 0.1) is 5.41 Å². The van der Waals surface area contributed by atoms with E-state index in [4.69, 9.17) is 10.6 Å². The number of benzene rings is 1. The van der Waals surface area contributed by atoms with E-state index in [1.165, 1.54) is 0 Å². The second kappa shape index (κ2) is 6.14. The smallest absolute Gasteiger partial charge is 0.241 e. The summed E-state index contributed by atoms with van der Waals surface area (Å²) in [6.45, 7) is 4.38. The van der Waals surface area contributed by atoms with E-state index in [-0.39, 0.29) is 5.91 Å². The number of nitrogens with two attached hydrogens (primary N) is 1. The highest BCUT2D eigenvalue weighted by Crippen LogP contribution is 2.17. The molecule has 0 unspecified atom stereocenters. The fourth-order valence-corrected chi connectivity index (χ4v) is 1.53. The lowest BCUT2D eigenvalue weighted by Crippen LogP contribution is -2.43. The molecule has 5 heteroatoms. The molecule has 0 saturated carbocycles. The van der Waals surface area contributed by atoms with Crippen molar-refractivity contribution in [2.24, 2.45) is 11.3 Å². The molecule has 17 heavy (non-hydrogen) atoms. The number of ether oxygens (including phenoxy) is 1. The molecule has 0 aliphatic heterocycles. The Bertz CT molecular complexity index is 377. The van der Waals surface area contributed by atoms with Crippen molar-refractivity contribution in [2.75, 3.05) is 6.61 Å². The third-order valence-electron chi connectivity index (χ3n) is 2.39. The summed E-state index contributed by atoms with van der Waals surface area (Å²) in [7, 11) is 0. The number of hydrogen-bond acceptors (Lipinski definition) is 3. The third-order valence-corrected chi connectivity index (χ3v) is 2.92. The molecule has 0 aliphatic carbocycles. The second-order valence-electron chi connectivity index (χ2n) is 4.48.